The van der Waals surface area contributed by atoms with Gasteiger partial charge in [0, 0.05) is 29.9 Å². The summed E-state index contributed by atoms with van der Waals surface area (Å²) < 4.78 is 2.33. The van der Waals surface area contributed by atoms with Gasteiger partial charge in [-0.2, -0.15) is 0 Å². The van der Waals surface area contributed by atoms with Crippen molar-refractivity contribution in [1.29, 1.82) is 0 Å². The van der Waals surface area contributed by atoms with Crippen molar-refractivity contribution >= 4 is 16.8 Å². The summed E-state index contributed by atoms with van der Waals surface area (Å²) in [5, 5.41) is 1.25. The molecule has 22 heavy (non-hydrogen) atoms. The summed E-state index contributed by atoms with van der Waals surface area (Å²) in [5.41, 5.74) is 4.38. The van der Waals surface area contributed by atoms with Gasteiger partial charge < -0.3 is 9.47 Å². The molecule has 2 aromatic carbocycles. The maximum Gasteiger partial charge on any atom is 0.254 e. The van der Waals surface area contributed by atoms with Crippen molar-refractivity contribution in [2.45, 2.75) is 20.0 Å². The van der Waals surface area contributed by atoms with Crippen LogP contribution in [0.5, 0.6) is 0 Å². The lowest BCUT2D eigenvalue weighted by atomic mass is 10.1. The first kappa shape index (κ1) is 13.1. The van der Waals surface area contributed by atoms with Crippen molar-refractivity contribution in [2.75, 3.05) is 6.54 Å². The van der Waals surface area contributed by atoms with Gasteiger partial charge in [0.1, 0.15) is 0 Å². The molecule has 0 aliphatic carbocycles. The van der Waals surface area contributed by atoms with Gasteiger partial charge in [0.2, 0.25) is 0 Å². The fourth-order valence-corrected chi connectivity index (χ4v) is 3.29. The molecular formula is C19H18N2O. The summed E-state index contributed by atoms with van der Waals surface area (Å²) in [6.07, 6.45) is 0. The number of rotatable bonds is 1. The van der Waals surface area contributed by atoms with Gasteiger partial charge in [-0.05, 0) is 36.6 Å². The Morgan fingerprint density at radius 2 is 1.86 bits per heavy atom. The highest BCUT2D eigenvalue weighted by Gasteiger charge is 2.23. The van der Waals surface area contributed by atoms with Gasteiger partial charge in [-0.3, -0.25) is 4.79 Å². The highest BCUT2D eigenvalue weighted by atomic mass is 16.2. The number of carbonyl (C=O) groups is 1. The van der Waals surface area contributed by atoms with E-state index in [2.05, 4.69) is 34.9 Å². The van der Waals surface area contributed by atoms with E-state index < -0.39 is 0 Å². The second-order valence-corrected chi connectivity index (χ2v) is 5.94. The summed E-state index contributed by atoms with van der Waals surface area (Å²) in [4.78, 5) is 14.6. The third-order valence-electron chi connectivity index (χ3n) is 4.39. The molecule has 0 N–H and O–H groups in total. The molecule has 1 amide bonds. The lowest BCUT2D eigenvalue weighted by Crippen LogP contribution is -2.38. The van der Waals surface area contributed by atoms with Gasteiger partial charge in [-0.25, -0.2) is 0 Å². The Balaban J connectivity index is 1.65. The Bertz CT molecular complexity index is 863. The molecule has 0 atom stereocenters. The van der Waals surface area contributed by atoms with Crippen LogP contribution in [-0.2, 0) is 13.1 Å². The highest BCUT2D eigenvalue weighted by Crippen LogP contribution is 2.24. The van der Waals surface area contributed by atoms with Crippen LogP contribution >= 0.6 is 0 Å². The predicted octanol–water partition coefficient (Wildman–Crippen LogP) is 3.61. The van der Waals surface area contributed by atoms with Crippen LogP contribution in [0.3, 0.4) is 0 Å². The third-order valence-corrected chi connectivity index (χ3v) is 4.39. The minimum absolute atomic E-state index is 0.125. The smallest absolute Gasteiger partial charge is 0.254 e. The molecule has 0 radical (unpaired) electrons. The molecule has 1 aliphatic heterocycles. The Morgan fingerprint density at radius 3 is 2.73 bits per heavy atom. The van der Waals surface area contributed by atoms with E-state index in [0.717, 1.165) is 24.2 Å². The molecule has 110 valence electrons. The minimum atomic E-state index is 0.125. The van der Waals surface area contributed by atoms with Crippen LogP contribution in [0.15, 0.2) is 54.6 Å². The van der Waals surface area contributed by atoms with E-state index in [1.54, 1.807) is 0 Å². The van der Waals surface area contributed by atoms with Crippen LogP contribution < -0.4 is 0 Å². The van der Waals surface area contributed by atoms with Gasteiger partial charge in [-0.1, -0.05) is 35.9 Å². The number of nitrogens with zero attached hydrogens (tertiary/aromatic N) is 2. The normalized spacial score (nSPS) is 14.1. The van der Waals surface area contributed by atoms with Crippen LogP contribution in [0.4, 0.5) is 0 Å². The number of amides is 1. The van der Waals surface area contributed by atoms with E-state index >= 15 is 0 Å². The van der Waals surface area contributed by atoms with E-state index in [1.807, 2.05) is 36.1 Å². The maximum absolute atomic E-state index is 12.7. The van der Waals surface area contributed by atoms with Gasteiger partial charge in [0.15, 0.2) is 0 Å². The van der Waals surface area contributed by atoms with Crippen LogP contribution in [0, 0.1) is 6.92 Å². The summed E-state index contributed by atoms with van der Waals surface area (Å²) in [5.74, 6) is 0.125. The molecule has 0 unspecified atom stereocenters. The van der Waals surface area contributed by atoms with E-state index in [1.165, 1.54) is 16.6 Å². The molecule has 3 heteroatoms. The van der Waals surface area contributed by atoms with Gasteiger partial charge >= 0.3 is 0 Å². The Labute approximate surface area is 129 Å². The van der Waals surface area contributed by atoms with Crippen LogP contribution in [-0.4, -0.2) is 21.9 Å². The molecule has 1 aliphatic rings. The van der Waals surface area contributed by atoms with Crippen LogP contribution in [0.2, 0.25) is 0 Å². The number of hydrogen-bond acceptors (Lipinski definition) is 1. The lowest BCUT2D eigenvalue weighted by Gasteiger charge is -2.29. The summed E-state index contributed by atoms with van der Waals surface area (Å²) in [6, 6.07) is 18.4. The van der Waals surface area contributed by atoms with Crippen molar-refractivity contribution in [1.82, 2.24) is 9.47 Å². The van der Waals surface area contributed by atoms with Gasteiger partial charge in [-0.15, -0.1) is 0 Å². The lowest BCUT2D eigenvalue weighted by molar-refractivity contribution is 0.0712. The van der Waals surface area contributed by atoms with Crippen molar-refractivity contribution in [2.24, 2.45) is 0 Å². The second-order valence-electron chi connectivity index (χ2n) is 5.94. The summed E-state index contributed by atoms with van der Waals surface area (Å²) in [7, 11) is 0. The molecule has 1 aromatic heterocycles. The average molecular weight is 290 g/mol. The highest BCUT2D eigenvalue weighted by molar-refractivity contribution is 5.94. The zero-order valence-electron chi connectivity index (χ0n) is 12.6. The first-order valence-corrected chi connectivity index (χ1v) is 7.65. The third kappa shape index (κ3) is 2.10. The Hall–Kier alpha value is -2.55. The van der Waals surface area contributed by atoms with Crippen molar-refractivity contribution < 1.29 is 4.79 Å². The number of aromatic nitrogens is 1. The molecule has 3 aromatic rings. The average Bonchev–Trinajstić information content (AvgIpc) is 2.91. The number of benzene rings is 2. The van der Waals surface area contributed by atoms with Crippen LogP contribution in [0.1, 0.15) is 21.6 Å². The number of carbonyl (C=O) groups excluding carboxylic acids is 1. The first-order valence-electron chi connectivity index (χ1n) is 7.65. The fourth-order valence-electron chi connectivity index (χ4n) is 3.29. The molecule has 0 saturated carbocycles. The SMILES string of the molecule is Cc1cccc(C(=O)N2CCn3c(cc4ccccc43)C2)c1. The fraction of sp³-hybridized carbons (Fsp3) is 0.211. The molecule has 4 rings (SSSR count). The monoisotopic (exact) mass is 290 g/mol. The maximum atomic E-state index is 12.7. The second kappa shape index (κ2) is 5.02. The topological polar surface area (TPSA) is 25.2 Å². The van der Waals surface area contributed by atoms with Crippen molar-refractivity contribution in [3.63, 3.8) is 0 Å². The number of hydrogen-bond donors (Lipinski definition) is 0. The first-order chi connectivity index (χ1) is 10.7. The predicted molar refractivity (Wildman–Crippen MR) is 87.9 cm³/mol. The summed E-state index contributed by atoms with van der Waals surface area (Å²) in [6.45, 7) is 4.32. The molecule has 2 heterocycles. The van der Waals surface area contributed by atoms with Crippen molar-refractivity contribution in [3.05, 3.63) is 71.4 Å². The van der Waals surface area contributed by atoms with Crippen molar-refractivity contribution in [3.8, 4) is 0 Å². The standard InChI is InChI=1S/C19H18N2O/c1-14-5-4-7-16(11-14)19(22)20-9-10-21-17(13-20)12-15-6-2-3-8-18(15)21/h2-8,11-12H,9-10,13H2,1H3. The summed E-state index contributed by atoms with van der Waals surface area (Å²) >= 11 is 0. The van der Waals surface area contributed by atoms with E-state index in [-0.39, 0.29) is 5.91 Å². The van der Waals surface area contributed by atoms with E-state index in [4.69, 9.17) is 0 Å². The molecule has 0 fully saturated rings. The zero-order chi connectivity index (χ0) is 15.1. The molecule has 0 spiro atoms. The molecule has 0 saturated heterocycles. The molecule has 3 nitrogen and oxygen atoms in total. The quantitative estimate of drug-likeness (QED) is 0.672. The number of fused-ring (bicyclic) bond motifs is 3. The Morgan fingerprint density at radius 1 is 1.00 bits per heavy atom. The van der Waals surface area contributed by atoms with E-state index in [9.17, 15) is 4.79 Å². The largest absolute Gasteiger partial charge is 0.341 e. The Kier molecular flexibility index (Phi) is 3.00. The number of para-hydroxylation sites is 1. The van der Waals surface area contributed by atoms with E-state index in [0.29, 0.717) is 6.54 Å². The molecule has 0 bridgehead atoms. The zero-order valence-corrected chi connectivity index (χ0v) is 12.6. The molecular weight excluding hydrogens is 272 g/mol. The number of aryl methyl sites for hydroxylation is 1. The van der Waals surface area contributed by atoms with Gasteiger partial charge in [0.05, 0.1) is 6.54 Å². The minimum Gasteiger partial charge on any atom is -0.341 e. The van der Waals surface area contributed by atoms with Gasteiger partial charge in [0.25, 0.3) is 5.91 Å². The van der Waals surface area contributed by atoms with Crippen LogP contribution in [0.25, 0.3) is 10.9 Å².